The van der Waals surface area contributed by atoms with E-state index in [0.29, 0.717) is 6.04 Å². The standard InChI is InChI=1S/C14H30N2O/c1-4-15-14-6-5-8-16(12-14)9-11-17-10-7-13(2)3/h13-15H,4-12H2,1-3H3. The van der Waals surface area contributed by atoms with E-state index in [1.165, 1.54) is 32.4 Å². The monoisotopic (exact) mass is 242 g/mol. The number of hydrogen-bond acceptors (Lipinski definition) is 3. The van der Waals surface area contributed by atoms with Crippen LogP contribution in [0.3, 0.4) is 0 Å². The molecule has 1 unspecified atom stereocenters. The van der Waals surface area contributed by atoms with Gasteiger partial charge < -0.3 is 10.1 Å². The fourth-order valence-corrected chi connectivity index (χ4v) is 2.33. The van der Waals surface area contributed by atoms with Gasteiger partial charge in [0.1, 0.15) is 0 Å². The minimum Gasteiger partial charge on any atom is -0.380 e. The van der Waals surface area contributed by atoms with Crippen molar-refractivity contribution >= 4 is 0 Å². The van der Waals surface area contributed by atoms with Gasteiger partial charge in [-0.1, -0.05) is 20.8 Å². The molecule has 0 aromatic rings. The fourth-order valence-electron chi connectivity index (χ4n) is 2.33. The van der Waals surface area contributed by atoms with E-state index in [0.717, 1.165) is 32.2 Å². The van der Waals surface area contributed by atoms with Crippen molar-refractivity contribution in [2.24, 2.45) is 5.92 Å². The highest BCUT2D eigenvalue weighted by molar-refractivity contribution is 4.77. The van der Waals surface area contributed by atoms with Crippen molar-refractivity contribution in [3.8, 4) is 0 Å². The van der Waals surface area contributed by atoms with Crippen LogP contribution in [0.2, 0.25) is 0 Å². The minimum atomic E-state index is 0.699. The summed E-state index contributed by atoms with van der Waals surface area (Å²) in [6, 6.07) is 0.699. The quantitative estimate of drug-likeness (QED) is 0.660. The second-order valence-electron chi connectivity index (χ2n) is 5.49. The molecule has 0 aliphatic carbocycles. The summed E-state index contributed by atoms with van der Waals surface area (Å²) in [5.74, 6) is 0.753. The smallest absolute Gasteiger partial charge is 0.0593 e. The SMILES string of the molecule is CCNC1CCCN(CCOCCC(C)C)C1. The van der Waals surface area contributed by atoms with Gasteiger partial charge >= 0.3 is 0 Å². The number of likely N-dealkylation sites (tertiary alicyclic amines) is 1. The highest BCUT2D eigenvalue weighted by atomic mass is 16.5. The molecule has 1 aliphatic rings. The van der Waals surface area contributed by atoms with Gasteiger partial charge in [-0.05, 0) is 38.3 Å². The molecule has 17 heavy (non-hydrogen) atoms. The number of nitrogens with one attached hydrogen (secondary N) is 1. The molecule has 1 rings (SSSR count). The van der Waals surface area contributed by atoms with E-state index < -0.39 is 0 Å². The Kier molecular flexibility index (Phi) is 7.82. The lowest BCUT2D eigenvalue weighted by Crippen LogP contribution is -2.46. The molecule has 0 radical (unpaired) electrons. The van der Waals surface area contributed by atoms with Crippen LogP contribution in [0.5, 0.6) is 0 Å². The third kappa shape index (κ3) is 7.02. The Balaban J connectivity index is 2.02. The van der Waals surface area contributed by atoms with Crippen LogP contribution < -0.4 is 5.32 Å². The molecular formula is C14H30N2O. The van der Waals surface area contributed by atoms with Crippen LogP contribution in [0, 0.1) is 5.92 Å². The van der Waals surface area contributed by atoms with Gasteiger partial charge in [0, 0.05) is 25.7 Å². The first kappa shape index (κ1) is 14.9. The number of likely N-dealkylation sites (N-methyl/N-ethyl adjacent to an activating group) is 1. The van der Waals surface area contributed by atoms with Crippen molar-refractivity contribution in [2.75, 3.05) is 39.4 Å². The maximum atomic E-state index is 5.68. The van der Waals surface area contributed by atoms with Crippen LogP contribution in [-0.2, 0) is 4.74 Å². The summed E-state index contributed by atoms with van der Waals surface area (Å²) < 4.78 is 5.68. The second kappa shape index (κ2) is 8.90. The lowest BCUT2D eigenvalue weighted by atomic mass is 10.1. The lowest BCUT2D eigenvalue weighted by Gasteiger charge is -2.32. The maximum absolute atomic E-state index is 5.68. The first-order valence-electron chi connectivity index (χ1n) is 7.25. The molecule has 1 saturated heterocycles. The Morgan fingerprint density at radius 1 is 1.35 bits per heavy atom. The third-order valence-electron chi connectivity index (χ3n) is 3.39. The van der Waals surface area contributed by atoms with Gasteiger partial charge in [-0.15, -0.1) is 0 Å². The van der Waals surface area contributed by atoms with Gasteiger partial charge in [-0.2, -0.15) is 0 Å². The average Bonchev–Trinajstić information content (AvgIpc) is 2.29. The zero-order valence-electron chi connectivity index (χ0n) is 11.9. The van der Waals surface area contributed by atoms with E-state index in [9.17, 15) is 0 Å². The predicted molar refractivity (Wildman–Crippen MR) is 73.4 cm³/mol. The summed E-state index contributed by atoms with van der Waals surface area (Å²) in [6.07, 6.45) is 3.84. The molecule has 102 valence electrons. The summed E-state index contributed by atoms with van der Waals surface area (Å²) in [6.45, 7) is 13.1. The number of ether oxygens (including phenoxy) is 1. The molecule has 0 amide bonds. The van der Waals surface area contributed by atoms with E-state index in [1.54, 1.807) is 0 Å². The molecule has 1 atom stereocenters. The van der Waals surface area contributed by atoms with Crippen LogP contribution in [0.4, 0.5) is 0 Å². The lowest BCUT2D eigenvalue weighted by molar-refractivity contribution is 0.0840. The van der Waals surface area contributed by atoms with Gasteiger partial charge in [0.15, 0.2) is 0 Å². The van der Waals surface area contributed by atoms with Crippen molar-refractivity contribution in [2.45, 2.75) is 46.1 Å². The number of hydrogen-bond donors (Lipinski definition) is 1. The predicted octanol–water partition coefficient (Wildman–Crippen LogP) is 2.12. The van der Waals surface area contributed by atoms with E-state index in [-0.39, 0.29) is 0 Å². The molecule has 1 N–H and O–H groups in total. The Hall–Kier alpha value is -0.120. The van der Waals surface area contributed by atoms with E-state index in [4.69, 9.17) is 4.74 Å². The molecule has 3 nitrogen and oxygen atoms in total. The van der Waals surface area contributed by atoms with Gasteiger partial charge in [-0.25, -0.2) is 0 Å². The Labute approximate surface area is 107 Å². The third-order valence-corrected chi connectivity index (χ3v) is 3.39. The van der Waals surface area contributed by atoms with Gasteiger partial charge in [0.05, 0.1) is 6.61 Å². The van der Waals surface area contributed by atoms with Crippen molar-refractivity contribution in [1.29, 1.82) is 0 Å². The zero-order valence-corrected chi connectivity index (χ0v) is 11.9. The van der Waals surface area contributed by atoms with E-state index in [2.05, 4.69) is 31.0 Å². The first-order chi connectivity index (χ1) is 8.22. The average molecular weight is 242 g/mol. The normalized spacial score (nSPS) is 22.2. The van der Waals surface area contributed by atoms with Crippen LogP contribution in [0.1, 0.15) is 40.0 Å². The van der Waals surface area contributed by atoms with Gasteiger partial charge in [0.25, 0.3) is 0 Å². The molecule has 0 saturated carbocycles. The molecule has 1 heterocycles. The first-order valence-corrected chi connectivity index (χ1v) is 7.25. The van der Waals surface area contributed by atoms with Gasteiger partial charge in [0.2, 0.25) is 0 Å². The summed E-state index contributed by atoms with van der Waals surface area (Å²) in [4.78, 5) is 2.53. The van der Waals surface area contributed by atoms with E-state index >= 15 is 0 Å². The largest absolute Gasteiger partial charge is 0.380 e. The van der Waals surface area contributed by atoms with Gasteiger partial charge in [-0.3, -0.25) is 4.90 Å². The highest BCUT2D eigenvalue weighted by Gasteiger charge is 2.18. The number of piperidine rings is 1. The summed E-state index contributed by atoms with van der Waals surface area (Å²) in [7, 11) is 0. The molecular weight excluding hydrogens is 212 g/mol. The highest BCUT2D eigenvalue weighted by Crippen LogP contribution is 2.09. The molecule has 0 bridgehead atoms. The molecule has 0 aromatic heterocycles. The second-order valence-corrected chi connectivity index (χ2v) is 5.49. The zero-order chi connectivity index (χ0) is 12.5. The summed E-state index contributed by atoms with van der Waals surface area (Å²) >= 11 is 0. The van der Waals surface area contributed by atoms with Crippen LogP contribution in [0.25, 0.3) is 0 Å². The number of rotatable bonds is 8. The topological polar surface area (TPSA) is 24.5 Å². The molecule has 0 spiro atoms. The molecule has 1 aliphatic heterocycles. The summed E-state index contributed by atoms with van der Waals surface area (Å²) in [5, 5.41) is 3.55. The number of nitrogens with zero attached hydrogens (tertiary/aromatic N) is 1. The fraction of sp³-hybridized carbons (Fsp3) is 1.00. The van der Waals surface area contributed by atoms with Crippen LogP contribution >= 0.6 is 0 Å². The van der Waals surface area contributed by atoms with Crippen molar-refractivity contribution in [3.05, 3.63) is 0 Å². The Bertz CT molecular complexity index is 183. The molecule has 0 aromatic carbocycles. The van der Waals surface area contributed by atoms with Crippen LogP contribution in [0.15, 0.2) is 0 Å². The maximum Gasteiger partial charge on any atom is 0.0593 e. The Morgan fingerprint density at radius 2 is 2.18 bits per heavy atom. The molecule has 3 heteroatoms. The minimum absolute atomic E-state index is 0.699. The Morgan fingerprint density at radius 3 is 2.88 bits per heavy atom. The van der Waals surface area contributed by atoms with Crippen molar-refractivity contribution in [3.63, 3.8) is 0 Å². The molecule has 1 fully saturated rings. The van der Waals surface area contributed by atoms with Crippen molar-refractivity contribution < 1.29 is 4.74 Å². The van der Waals surface area contributed by atoms with Crippen LogP contribution in [-0.4, -0.2) is 50.3 Å². The van der Waals surface area contributed by atoms with E-state index in [1.807, 2.05) is 0 Å². The van der Waals surface area contributed by atoms with Crippen molar-refractivity contribution in [1.82, 2.24) is 10.2 Å². The summed E-state index contributed by atoms with van der Waals surface area (Å²) in [5.41, 5.74) is 0.